The van der Waals surface area contributed by atoms with Gasteiger partial charge < -0.3 is 5.32 Å². The van der Waals surface area contributed by atoms with Crippen LogP contribution < -0.4 is 5.32 Å². The molecule has 0 saturated heterocycles. The van der Waals surface area contributed by atoms with Crippen LogP contribution in [0.25, 0.3) is 0 Å². The largest absolute Gasteiger partial charge is 0.376 e. The summed E-state index contributed by atoms with van der Waals surface area (Å²) in [5.74, 6) is 0.755. The molecule has 1 saturated carbocycles. The SMILES string of the molecule is Cc1cc(Br)c(NC(c2cccs2)C2CC2)cc1Cl. The van der Waals surface area contributed by atoms with Crippen molar-refractivity contribution in [2.24, 2.45) is 5.92 Å². The van der Waals surface area contributed by atoms with Crippen LogP contribution in [0.3, 0.4) is 0 Å². The Balaban J connectivity index is 1.88. The fourth-order valence-corrected chi connectivity index (χ4v) is 3.85. The second-order valence-corrected chi connectivity index (χ2v) is 7.30. The molecule has 4 heteroatoms. The molecule has 0 aliphatic heterocycles. The summed E-state index contributed by atoms with van der Waals surface area (Å²) in [5, 5.41) is 6.61. The second kappa shape index (κ2) is 5.47. The summed E-state index contributed by atoms with van der Waals surface area (Å²) in [4.78, 5) is 1.41. The number of nitrogens with one attached hydrogen (secondary N) is 1. The van der Waals surface area contributed by atoms with Gasteiger partial charge in [0.2, 0.25) is 0 Å². The highest BCUT2D eigenvalue weighted by atomic mass is 79.9. The maximum atomic E-state index is 6.23. The lowest BCUT2D eigenvalue weighted by Gasteiger charge is -2.20. The van der Waals surface area contributed by atoms with Crippen LogP contribution in [0.4, 0.5) is 5.69 Å². The number of hydrogen-bond donors (Lipinski definition) is 1. The lowest BCUT2D eigenvalue weighted by molar-refractivity contribution is 0.690. The molecule has 0 radical (unpaired) electrons. The van der Waals surface area contributed by atoms with E-state index < -0.39 is 0 Å². The lowest BCUT2D eigenvalue weighted by Crippen LogP contribution is -2.12. The van der Waals surface area contributed by atoms with Gasteiger partial charge in [-0.1, -0.05) is 17.7 Å². The number of aryl methyl sites for hydroxylation is 1. The van der Waals surface area contributed by atoms with Crippen LogP contribution in [-0.4, -0.2) is 0 Å². The van der Waals surface area contributed by atoms with Gasteiger partial charge in [-0.25, -0.2) is 0 Å². The van der Waals surface area contributed by atoms with Crippen molar-refractivity contribution in [1.82, 2.24) is 0 Å². The molecule has 1 N–H and O–H groups in total. The topological polar surface area (TPSA) is 12.0 Å². The summed E-state index contributed by atoms with van der Waals surface area (Å²) < 4.78 is 1.08. The Morgan fingerprint density at radius 3 is 2.84 bits per heavy atom. The molecule has 1 atom stereocenters. The van der Waals surface area contributed by atoms with Gasteiger partial charge in [-0.2, -0.15) is 0 Å². The quantitative estimate of drug-likeness (QED) is 0.704. The Hall–Kier alpha value is -0.510. The van der Waals surface area contributed by atoms with E-state index in [4.69, 9.17) is 11.6 Å². The van der Waals surface area contributed by atoms with Crippen LogP contribution >= 0.6 is 38.9 Å². The van der Waals surface area contributed by atoms with E-state index in [1.54, 1.807) is 0 Å². The highest BCUT2D eigenvalue weighted by Gasteiger charge is 2.33. The average Bonchev–Trinajstić information content (AvgIpc) is 3.07. The summed E-state index contributed by atoms with van der Waals surface area (Å²) in [5.41, 5.74) is 2.18. The number of hydrogen-bond acceptors (Lipinski definition) is 2. The van der Waals surface area contributed by atoms with Crippen LogP contribution in [0.2, 0.25) is 5.02 Å². The molecule has 1 heterocycles. The predicted octanol–water partition coefficient (Wildman–Crippen LogP) is 6.04. The molecule has 3 rings (SSSR count). The fourth-order valence-electron chi connectivity index (χ4n) is 2.24. The van der Waals surface area contributed by atoms with E-state index in [1.807, 2.05) is 24.3 Å². The van der Waals surface area contributed by atoms with Gasteiger partial charge in [-0.3, -0.25) is 0 Å². The Morgan fingerprint density at radius 1 is 1.42 bits per heavy atom. The van der Waals surface area contributed by atoms with Crippen molar-refractivity contribution < 1.29 is 0 Å². The van der Waals surface area contributed by atoms with Crippen molar-refractivity contribution in [1.29, 1.82) is 0 Å². The zero-order valence-electron chi connectivity index (χ0n) is 10.6. The number of anilines is 1. The van der Waals surface area contributed by atoms with Crippen LogP contribution in [0.5, 0.6) is 0 Å². The number of rotatable bonds is 4. The first kappa shape index (κ1) is 13.5. The van der Waals surface area contributed by atoms with Gasteiger partial charge in [0, 0.05) is 14.4 Å². The maximum Gasteiger partial charge on any atom is 0.0635 e. The highest BCUT2D eigenvalue weighted by Crippen LogP contribution is 2.45. The number of halogens is 2. The summed E-state index contributed by atoms with van der Waals surface area (Å²) in [6, 6.07) is 8.83. The van der Waals surface area contributed by atoms with E-state index >= 15 is 0 Å². The minimum Gasteiger partial charge on any atom is -0.376 e. The molecule has 19 heavy (non-hydrogen) atoms. The Kier molecular flexibility index (Phi) is 3.88. The van der Waals surface area contributed by atoms with E-state index in [1.165, 1.54) is 17.7 Å². The molecule has 1 aromatic carbocycles. The van der Waals surface area contributed by atoms with Gasteiger partial charge in [0.15, 0.2) is 0 Å². The highest BCUT2D eigenvalue weighted by molar-refractivity contribution is 9.10. The maximum absolute atomic E-state index is 6.23. The van der Waals surface area contributed by atoms with Crippen molar-refractivity contribution in [2.75, 3.05) is 5.32 Å². The average molecular weight is 357 g/mol. The molecule has 1 aliphatic carbocycles. The smallest absolute Gasteiger partial charge is 0.0635 e. The van der Waals surface area contributed by atoms with Crippen molar-refractivity contribution in [3.8, 4) is 0 Å². The monoisotopic (exact) mass is 355 g/mol. The molecule has 100 valence electrons. The molecule has 1 aromatic heterocycles. The summed E-state index contributed by atoms with van der Waals surface area (Å²) in [7, 11) is 0. The third kappa shape index (κ3) is 2.99. The Bertz CT molecular complexity index is 578. The molecule has 0 bridgehead atoms. The summed E-state index contributed by atoms with van der Waals surface area (Å²) in [6.45, 7) is 2.02. The fraction of sp³-hybridized carbons (Fsp3) is 0.333. The van der Waals surface area contributed by atoms with Crippen molar-refractivity contribution >= 4 is 44.6 Å². The predicted molar refractivity (Wildman–Crippen MR) is 87.3 cm³/mol. The zero-order valence-corrected chi connectivity index (χ0v) is 13.8. The minimum absolute atomic E-state index is 0.412. The van der Waals surface area contributed by atoms with Crippen LogP contribution in [0.1, 0.15) is 29.3 Å². The van der Waals surface area contributed by atoms with E-state index in [-0.39, 0.29) is 0 Å². The van der Waals surface area contributed by atoms with Gasteiger partial charge in [-0.05, 0) is 70.8 Å². The first-order valence-corrected chi connectivity index (χ1v) is 8.46. The molecule has 1 fully saturated rings. The normalized spacial score (nSPS) is 16.4. The van der Waals surface area contributed by atoms with Crippen LogP contribution in [-0.2, 0) is 0 Å². The van der Waals surface area contributed by atoms with Crippen molar-refractivity contribution in [2.45, 2.75) is 25.8 Å². The van der Waals surface area contributed by atoms with Gasteiger partial charge in [0.05, 0.1) is 11.7 Å². The van der Waals surface area contributed by atoms with E-state index in [0.717, 1.165) is 26.7 Å². The second-order valence-electron chi connectivity index (χ2n) is 5.06. The number of thiophene rings is 1. The lowest BCUT2D eigenvalue weighted by atomic mass is 10.1. The van der Waals surface area contributed by atoms with E-state index in [2.05, 4.69) is 44.8 Å². The molecule has 1 aliphatic rings. The molecule has 1 nitrogen and oxygen atoms in total. The van der Waals surface area contributed by atoms with Gasteiger partial charge >= 0.3 is 0 Å². The standard InChI is InChI=1S/C15H15BrClNS/c1-9-7-11(16)13(8-12(9)17)18-15(10-4-5-10)14-3-2-6-19-14/h2-3,6-8,10,15,18H,4-5H2,1H3. The molecule has 0 spiro atoms. The summed E-state index contributed by atoms with van der Waals surface area (Å²) in [6.07, 6.45) is 2.62. The van der Waals surface area contributed by atoms with Crippen LogP contribution in [0.15, 0.2) is 34.1 Å². The first-order chi connectivity index (χ1) is 9.15. The summed E-state index contributed by atoms with van der Waals surface area (Å²) >= 11 is 11.7. The first-order valence-electron chi connectivity index (χ1n) is 6.41. The third-order valence-electron chi connectivity index (χ3n) is 3.50. The molecule has 2 aromatic rings. The molecular formula is C15H15BrClNS. The number of benzene rings is 1. The molecular weight excluding hydrogens is 342 g/mol. The van der Waals surface area contributed by atoms with Gasteiger partial charge in [-0.15, -0.1) is 11.3 Å². The van der Waals surface area contributed by atoms with E-state index in [9.17, 15) is 0 Å². The molecule has 0 amide bonds. The van der Waals surface area contributed by atoms with Crippen molar-refractivity contribution in [3.63, 3.8) is 0 Å². The zero-order chi connectivity index (χ0) is 13.4. The Labute approximate surface area is 131 Å². The van der Waals surface area contributed by atoms with E-state index in [0.29, 0.717) is 6.04 Å². The van der Waals surface area contributed by atoms with Gasteiger partial charge in [0.25, 0.3) is 0 Å². The molecule has 1 unspecified atom stereocenters. The minimum atomic E-state index is 0.412. The Morgan fingerprint density at radius 2 is 2.21 bits per heavy atom. The third-order valence-corrected chi connectivity index (χ3v) is 5.52. The van der Waals surface area contributed by atoms with Gasteiger partial charge in [0.1, 0.15) is 0 Å². The van der Waals surface area contributed by atoms with Crippen LogP contribution in [0, 0.1) is 12.8 Å². The van der Waals surface area contributed by atoms with Crippen molar-refractivity contribution in [3.05, 3.63) is 49.6 Å².